The second-order valence-corrected chi connectivity index (χ2v) is 8.53. The molecule has 5 nitrogen and oxygen atoms in total. The van der Waals surface area contributed by atoms with Crippen LogP contribution in [0.1, 0.15) is 52.5 Å². The van der Waals surface area contributed by atoms with E-state index in [-0.39, 0.29) is 22.7 Å². The van der Waals surface area contributed by atoms with Gasteiger partial charge in [0.1, 0.15) is 16.5 Å². The molecule has 1 aromatic heterocycles. The molecule has 1 aliphatic rings. The molecule has 33 heavy (non-hydrogen) atoms. The normalized spacial score (nSPS) is 15.1. The number of esters is 1. The Kier molecular flexibility index (Phi) is 6.29. The number of thiophene rings is 1. The number of rotatable bonds is 6. The van der Waals surface area contributed by atoms with E-state index in [9.17, 15) is 18.4 Å². The zero-order valence-corrected chi connectivity index (χ0v) is 18.9. The van der Waals surface area contributed by atoms with Crippen molar-refractivity contribution in [3.8, 4) is 0 Å². The summed E-state index contributed by atoms with van der Waals surface area (Å²) in [5.41, 5.74) is 9.00. The molecule has 0 unspecified atom stereocenters. The van der Waals surface area contributed by atoms with E-state index in [0.717, 1.165) is 29.0 Å². The molecule has 0 bridgehead atoms. The van der Waals surface area contributed by atoms with Crippen molar-refractivity contribution >= 4 is 33.8 Å². The summed E-state index contributed by atoms with van der Waals surface area (Å²) in [7, 11) is 0. The van der Waals surface area contributed by atoms with Gasteiger partial charge in [0, 0.05) is 28.8 Å². The fourth-order valence-corrected chi connectivity index (χ4v) is 5.20. The van der Waals surface area contributed by atoms with Crippen LogP contribution >= 0.6 is 11.3 Å². The van der Waals surface area contributed by atoms with Crippen LogP contribution in [0.5, 0.6) is 0 Å². The number of carbonyl (C=O) groups excluding carboxylic acids is 2. The van der Waals surface area contributed by atoms with Crippen LogP contribution < -0.4 is 11.1 Å². The molecule has 2 heterocycles. The van der Waals surface area contributed by atoms with Gasteiger partial charge in [-0.1, -0.05) is 37.3 Å². The lowest BCUT2D eigenvalue weighted by atomic mass is 9.81. The number of halogens is 2. The van der Waals surface area contributed by atoms with Crippen LogP contribution in [0.2, 0.25) is 0 Å². The number of ketones is 1. The predicted molar refractivity (Wildman–Crippen MR) is 124 cm³/mol. The molecule has 0 amide bonds. The maximum absolute atomic E-state index is 13.7. The first kappa shape index (κ1) is 22.7. The van der Waals surface area contributed by atoms with Gasteiger partial charge in [-0.05, 0) is 31.0 Å². The first-order valence-electron chi connectivity index (χ1n) is 10.5. The molecule has 0 fully saturated rings. The molecule has 2 aromatic carbocycles. The summed E-state index contributed by atoms with van der Waals surface area (Å²) in [5, 5.41) is 3.86. The number of nitrogens with one attached hydrogen (secondary N) is 1. The Balaban J connectivity index is 1.90. The highest BCUT2D eigenvalue weighted by Gasteiger charge is 2.38. The van der Waals surface area contributed by atoms with E-state index in [2.05, 4.69) is 5.32 Å². The van der Waals surface area contributed by atoms with Gasteiger partial charge in [-0.15, -0.1) is 11.3 Å². The Bertz CT molecular complexity index is 1250. The molecule has 3 aromatic rings. The van der Waals surface area contributed by atoms with Crippen LogP contribution in [0.4, 0.5) is 19.5 Å². The molecule has 0 spiro atoms. The third-order valence-electron chi connectivity index (χ3n) is 5.46. The minimum absolute atomic E-state index is 0.136. The molecule has 1 aliphatic heterocycles. The highest BCUT2D eigenvalue weighted by Crippen LogP contribution is 2.51. The Morgan fingerprint density at radius 2 is 1.76 bits per heavy atom. The number of benzene rings is 2. The molecule has 0 radical (unpaired) electrons. The van der Waals surface area contributed by atoms with E-state index in [4.69, 9.17) is 10.5 Å². The number of anilines is 2. The van der Waals surface area contributed by atoms with Crippen LogP contribution in [-0.2, 0) is 9.53 Å². The maximum Gasteiger partial charge on any atom is 0.336 e. The maximum atomic E-state index is 13.7. The number of allylic oxidation sites excluding steroid dienone is 1. The number of hydrogen-bond donors (Lipinski definition) is 2. The summed E-state index contributed by atoms with van der Waals surface area (Å²) >= 11 is 1.10. The number of hydrogen-bond acceptors (Lipinski definition) is 6. The summed E-state index contributed by atoms with van der Waals surface area (Å²) in [6.07, 6.45) is 0.521. The number of nitrogens with two attached hydrogens (primary N) is 1. The van der Waals surface area contributed by atoms with Crippen LogP contribution in [0.25, 0.3) is 0 Å². The summed E-state index contributed by atoms with van der Waals surface area (Å²) in [4.78, 5) is 26.3. The van der Waals surface area contributed by atoms with Crippen LogP contribution in [0, 0.1) is 11.6 Å². The van der Waals surface area contributed by atoms with Crippen LogP contribution in [0.3, 0.4) is 0 Å². The van der Waals surface area contributed by atoms with E-state index in [1.54, 1.807) is 6.92 Å². The Hall–Kier alpha value is -3.52. The van der Waals surface area contributed by atoms with Crippen molar-refractivity contribution in [3.05, 3.63) is 93.0 Å². The van der Waals surface area contributed by atoms with Gasteiger partial charge in [0.25, 0.3) is 0 Å². The van der Waals surface area contributed by atoms with Crippen molar-refractivity contribution in [1.29, 1.82) is 0 Å². The number of nitrogen functional groups attached to an aromatic ring is 1. The third-order valence-corrected chi connectivity index (χ3v) is 6.60. The average molecular weight is 469 g/mol. The molecular weight excluding hydrogens is 446 g/mol. The van der Waals surface area contributed by atoms with Gasteiger partial charge in [0.05, 0.1) is 22.9 Å². The fraction of sp³-hybridized carbons (Fsp3) is 0.200. The summed E-state index contributed by atoms with van der Waals surface area (Å²) < 4.78 is 32.8. The van der Waals surface area contributed by atoms with Crippen molar-refractivity contribution in [2.75, 3.05) is 17.7 Å². The SMILES string of the molecule is CCOC(=O)C1=C(CC)Nc2sc(C(=O)c3cc(F)cc(F)c3)c(N)c2[C@H]1c1ccccc1. The highest BCUT2D eigenvalue weighted by atomic mass is 32.1. The van der Waals surface area contributed by atoms with E-state index >= 15 is 0 Å². The largest absolute Gasteiger partial charge is 0.463 e. The Morgan fingerprint density at radius 1 is 1.09 bits per heavy atom. The first-order chi connectivity index (χ1) is 15.8. The second kappa shape index (κ2) is 9.15. The molecule has 0 aliphatic carbocycles. The van der Waals surface area contributed by atoms with Crippen molar-refractivity contribution in [2.24, 2.45) is 0 Å². The van der Waals surface area contributed by atoms with Gasteiger partial charge in [-0.2, -0.15) is 0 Å². The first-order valence-corrected chi connectivity index (χ1v) is 11.3. The van der Waals surface area contributed by atoms with E-state index < -0.39 is 29.3 Å². The van der Waals surface area contributed by atoms with Gasteiger partial charge in [0.2, 0.25) is 5.78 Å². The zero-order valence-electron chi connectivity index (χ0n) is 18.1. The van der Waals surface area contributed by atoms with E-state index in [0.29, 0.717) is 34.3 Å². The Morgan fingerprint density at radius 3 is 2.36 bits per heavy atom. The zero-order chi connectivity index (χ0) is 23.7. The van der Waals surface area contributed by atoms with Gasteiger partial charge in [0.15, 0.2) is 0 Å². The van der Waals surface area contributed by atoms with Gasteiger partial charge in [-0.3, -0.25) is 4.79 Å². The molecular formula is C25H22F2N2O3S. The molecule has 8 heteroatoms. The number of fused-ring (bicyclic) bond motifs is 1. The minimum atomic E-state index is -0.849. The van der Waals surface area contributed by atoms with E-state index in [1.807, 2.05) is 37.3 Å². The van der Waals surface area contributed by atoms with Gasteiger partial charge in [-0.25, -0.2) is 13.6 Å². The third kappa shape index (κ3) is 4.14. The molecule has 4 rings (SSSR count). The lowest BCUT2D eigenvalue weighted by Crippen LogP contribution is -2.25. The molecule has 1 atom stereocenters. The second-order valence-electron chi connectivity index (χ2n) is 7.51. The minimum Gasteiger partial charge on any atom is -0.463 e. The number of carbonyl (C=O) groups is 2. The standard InChI is InChI=1S/C25H22F2N2O3S/c1-3-17-19(25(31)32-4-2)18(13-8-6-5-7-9-13)20-21(28)23(33-24(20)29-17)22(30)14-10-15(26)12-16(27)11-14/h5-12,18,29H,3-4,28H2,1-2H3/t18-/m0/s1. The summed E-state index contributed by atoms with van der Waals surface area (Å²) in [6, 6.07) is 12.0. The summed E-state index contributed by atoms with van der Waals surface area (Å²) in [5.74, 6) is -3.31. The monoisotopic (exact) mass is 468 g/mol. The van der Waals surface area contributed by atoms with Crippen LogP contribution in [-0.4, -0.2) is 18.4 Å². The lowest BCUT2D eigenvalue weighted by molar-refractivity contribution is -0.138. The highest BCUT2D eigenvalue weighted by molar-refractivity contribution is 7.19. The predicted octanol–water partition coefficient (Wildman–Crippen LogP) is 5.62. The molecule has 0 saturated heterocycles. The van der Waals surface area contributed by atoms with Crippen LogP contribution in [0.15, 0.2) is 59.8 Å². The Labute approximate surface area is 193 Å². The average Bonchev–Trinajstić information content (AvgIpc) is 3.13. The quantitative estimate of drug-likeness (QED) is 0.362. The topological polar surface area (TPSA) is 81.4 Å². The molecule has 0 saturated carbocycles. The van der Waals surface area contributed by atoms with Crippen molar-refractivity contribution < 1.29 is 23.1 Å². The fourth-order valence-electron chi connectivity index (χ4n) is 4.05. The van der Waals surface area contributed by atoms with Gasteiger partial charge < -0.3 is 15.8 Å². The summed E-state index contributed by atoms with van der Waals surface area (Å²) in [6.45, 7) is 3.85. The van der Waals surface area contributed by atoms with Crippen molar-refractivity contribution in [3.63, 3.8) is 0 Å². The van der Waals surface area contributed by atoms with Crippen molar-refractivity contribution in [2.45, 2.75) is 26.2 Å². The lowest BCUT2D eigenvalue weighted by Gasteiger charge is -2.29. The van der Waals surface area contributed by atoms with Crippen molar-refractivity contribution in [1.82, 2.24) is 0 Å². The molecule has 170 valence electrons. The smallest absolute Gasteiger partial charge is 0.336 e. The van der Waals surface area contributed by atoms with E-state index in [1.165, 1.54) is 0 Å². The molecule has 3 N–H and O–H groups in total. The van der Waals surface area contributed by atoms with Gasteiger partial charge >= 0.3 is 5.97 Å². The number of ether oxygens (including phenoxy) is 1.